The molecular formula is C9H11N3. The third kappa shape index (κ3) is 1.59. The van der Waals surface area contributed by atoms with E-state index in [1.165, 1.54) is 6.20 Å². The molecule has 1 aromatic heterocycles. The average Bonchev–Trinajstić information content (AvgIpc) is 2.05. The summed E-state index contributed by atoms with van der Waals surface area (Å²) in [7, 11) is 0. The number of aromatic nitrogens is 2. The Hall–Kier alpha value is -1.43. The molecule has 0 bridgehead atoms. The summed E-state index contributed by atoms with van der Waals surface area (Å²) in [5, 5.41) is 8.58. The summed E-state index contributed by atoms with van der Waals surface area (Å²) in [5.41, 5.74) is 2.21. The second-order valence-electron chi connectivity index (χ2n) is 2.99. The lowest BCUT2D eigenvalue weighted by Crippen LogP contribution is -2.00. The molecule has 0 aliphatic rings. The van der Waals surface area contributed by atoms with Crippen LogP contribution < -0.4 is 0 Å². The van der Waals surface area contributed by atoms with Crippen molar-refractivity contribution >= 4 is 0 Å². The molecule has 0 aliphatic heterocycles. The minimum absolute atomic E-state index is 0.325. The zero-order valence-corrected chi connectivity index (χ0v) is 7.50. The van der Waals surface area contributed by atoms with Crippen LogP contribution >= 0.6 is 0 Å². The first-order chi connectivity index (χ1) is 5.65. The Labute approximate surface area is 72.1 Å². The fourth-order valence-corrected chi connectivity index (χ4v) is 1.06. The van der Waals surface area contributed by atoms with E-state index in [1.807, 2.05) is 26.8 Å². The summed E-state index contributed by atoms with van der Waals surface area (Å²) >= 11 is 0. The number of nitrogens with zero attached hydrogens (tertiary/aromatic N) is 3. The largest absolute Gasteiger partial charge is 0.257 e. The van der Waals surface area contributed by atoms with Crippen LogP contribution in [-0.4, -0.2) is 9.97 Å². The van der Waals surface area contributed by atoms with Crippen molar-refractivity contribution in [2.45, 2.75) is 26.7 Å². The lowest BCUT2D eigenvalue weighted by molar-refractivity contribution is 0.792. The Morgan fingerprint density at radius 2 is 2.17 bits per heavy atom. The highest BCUT2D eigenvalue weighted by atomic mass is 14.8. The van der Waals surface area contributed by atoms with E-state index >= 15 is 0 Å². The van der Waals surface area contributed by atoms with Gasteiger partial charge in [-0.2, -0.15) is 5.26 Å². The fourth-order valence-electron chi connectivity index (χ4n) is 1.06. The molecule has 0 amide bonds. The van der Waals surface area contributed by atoms with Gasteiger partial charge in [0.1, 0.15) is 6.07 Å². The third-order valence-electron chi connectivity index (χ3n) is 1.65. The highest BCUT2D eigenvalue weighted by molar-refractivity contribution is 5.22. The van der Waals surface area contributed by atoms with E-state index in [-0.39, 0.29) is 0 Å². The van der Waals surface area contributed by atoms with Crippen LogP contribution in [0.2, 0.25) is 0 Å². The van der Waals surface area contributed by atoms with E-state index < -0.39 is 0 Å². The van der Waals surface area contributed by atoms with Crippen molar-refractivity contribution in [1.82, 2.24) is 9.97 Å². The maximum Gasteiger partial charge on any atom is 0.159 e. The molecule has 0 aliphatic carbocycles. The molecule has 0 spiro atoms. The SMILES string of the molecule is Cc1ncc(C#N)nc1C(C)C. The normalized spacial score (nSPS) is 9.92. The van der Waals surface area contributed by atoms with E-state index in [9.17, 15) is 0 Å². The summed E-state index contributed by atoms with van der Waals surface area (Å²) in [6.07, 6.45) is 1.50. The molecule has 3 nitrogen and oxygen atoms in total. The molecule has 12 heavy (non-hydrogen) atoms. The topological polar surface area (TPSA) is 49.6 Å². The van der Waals surface area contributed by atoms with Crippen molar-refractivity contribution in [2.24, 2.45) is 0 Å². The number of rotatable bonds is 1. The molecule has 1 aromatic rings. The lowest BCUT2D eigenvalue weighted by atomic mass is 10.1. The van der Waals surface area contributed by atoms with Gasteiger partial charge in [0.15, 0.2) is 5.69 Å². The van der Waals surface area contributed by atoms with Crippen molar-refractivity contribution in [2.75, 3.05) is 0 Å². The molecule has 0 saturated heterocycles. The van der Waals surface area contributed by atoms with E-state index in [1.54, 1.807) is 0 Å². The van der Waals surface area contributed by atoms with Gasteiger partial charge in [0, 0.05) is 0 Å². The van der Waals surface area contributed by atoms with Crippen LogP contribution in [0.4, 0.5) is 0 Å². The molecule has 0 saturated carbocycles. The fraction of sp³-hybridized carbons (Fsp3) is 0.444. The van der Waals surface area contributed by atoms with Gasteiger partial charge < -0.3 is 0 Å². The van der Waals surface area contributed by atoms with Crippen LogP contribution in [0.5, 0.6) is 0 Å². The van der Waals surface area contributed by atoms with Crippen molar-refractivity contribution in [3.63, 3.8) is 0 Å². The highest BCUT2D eigenvalue weighted by Crippen LogP contribution is 2.13. The summed E-state index contributed by atoms with van der Waals surface area (Å²) < 4.78 is 0. The second kappa shape index (κ2) is 3.31. The van der Waals surface area contributed by atoms with Crippen LogP contribution in [0, 0.1) is 18.3 Å². The van der Waals surface area contributed by atoms with Gasteiger partial charge in [-0.25, -0.2) is 4.98 Å². The van der Waals surface area contributed by atoms with Gasteiger partial charge in [0.05, 0.1) is 17.6 Å². The molecule has 0 aromatic carbocycles. The van der Waals surface area contributed by atoms with Crippen molar-refractivity contribution in [3.05, 3.63) is 23.3 Å². The van der Waals surface area contributed by atoms with Gasteiger partial charge in [-0.15, -0.1) is 0 Å². The third-order valence-corrected chi connectivity index (χ3v) is 1.65. The lowest BCUT2D eigenvalue weighted by Gasteiger charge is -2.06. The molecule has 0 unspecified atom stereocenters. The van der Waals surface area contributed by atoms with E-state index in [4.69, 9.17) is 5.26 Å². The molecule has 0 fully saturated rings. The number of hydrogen-bond acceptors (Lipinski definition) is 3. The Balaban J connectivity index is 3.19. The van der Waals surface area contributed by atoms with Crippen LogP contribution in [-0.2, 0) is 0 Å². The molecule has 0 atom stereocenters. The van der Waals surface area contributed by atoms with Crippen molar-refractivity contribution < 1.29 is 0 Å². The van der Waals surface area contributed by atoms with Gasteiger partial charge in [-0.3, -0.25) is 4.98 Å². The summed E-state index contributed by atoms with van der Waals surface area (Å²) in [6, 6.07) is 1.98. The van der Waals surface area contributed by atoms with Gasteiger partial charge >= 0.3 is 0 Å². The minimum atomic E-state index is 0.325. The maximum atomic E-state index is 8.58. The number of nitriles is 1. The zero-order valence-electron chi connectivity index (χ0n) is 7.50. The maximum absolute atomic E-state index is 8.58. The average molecular weight is 161 g/mol. The van der Waals surface area contributed by atoms with Crippen LogP contribution in [0.3, 0.4) is 0 Å². The van der Waals surface area contributed by atoms with E-state index in [0.29, 0.717) is 11.6 Å². The molecule has 0 N–H and O–H groups in total. The zero-order chi connectivity index (χ0) is 9.14. The van der Waals surface area contributed by atoms with Crippen LogP contribution in [0.15, 0.2) is 6.20 Å². The first-order valence-corrected chi connectivity index (χ1v) is 3.88. The number of aryl methyl sites for hydroxylation is 1. The summed E-state index contributed by atoms with van der Waals surface area (Å²) in [4.78, 5) is 8.25. The minimum Gasteiger partial charge on any atom is -0.257 e. The van der Waals surface area contributed by atoms with Gasteiger partial charge in [-0.05, 0) is 12.8 Å². The van der Waals surface area contributed by atoms with Gasteiger partial charge in [0.25, 0.3) is 0 Å². The standard InChI is InChI=1S/C9H11N3/c1-6(2)9-7(3)11-5-8(4-10)12-9/h5-6H,1-3H3. The van der Waals surface area contributed by atoms with Crippen LogP contribution in [0.25, 0.3) is 0 Å². The summed E-state index contributed by atoms with van der Waals surface area (Å²) in [5.74, 6) is 0.325. The molecule has 1 rings (SSSR count). The van der Waals surface area contributed by atoms with Crippen LogP contribution in [0.1, 0.15) is 36.8 Å². The first kappa shape index (κ1) is 8.66. The van der Waals surface area contributed by atoms with Crippen molar-refractivity contribution in [1.29, 1.82) is 5.26 Å². The van der Waals surface area contributed by atoms with E-state index in [2.05, 4.69) is 9.97 Å². The second-order valence-corrected chi connectivity index (χ2v) is 2.99. The van der Waals surface area contributed by atoms with Gasteiger partial charge in [0.2, 0.25) is 0 Å². The molecule has 62 valence electrons. The first-order valence-electron chi connectivity index (χ1n) is 3.88. The Morgan fingerprint density at radius 3 is 2.67 bits per heavy atom. The molecule has 0 radical (unpaired) electrons. The Bertz CT molecular complexity index is 323. The molecule has 1 heterocycles. The quantitative estimate of drug-likeness (QED) is 0.630. The van der Waals surface area contributed by atoms with Gasteiger partial charge in [-0.1, -0.05) is 13.8 Å². The van der Waals surface area contributed by atoms with Crippen molar-refractivity contribution in [3.8, 4) is 6.07 Å². The number of hydrogen-bond donors (Lipinski definition) is 0. The summed E-state index contributed by atoms with van der Waals surface area (Å²) in [6.45, 7) is 5.99. The molecule has 3 heteroatoms. The van der Waals surface area contributed by atoms with E-state index in [0.717, 1.165) is 11.4 Å². The smallest absolute Gasteiger partial charge is 0.159 e. The highest BCUT2D eigenvalue weighted by Gasteiger charge is 2.06. The molecular weight excluding hydrogens is 150 g/mol. The Morgan fingerprint density at radius 1 is 1.50 bits per heavy atom. The predicted molar refractivity (Wildman–Crippen MR) is 45.6 cm³/mol. The monoisotopic (exact) mass is 161 g/mol. The Kier molecular flexibility index (Phi) is 2.39. The predicted octanol–water partition coefficient (Wildman–Crippen LogP) is 1.78.